The lowest BCUT2D eigenvalue weighted by molar-refractivity contribution is -0.167. The van der Waals surface area contributed by atoms with Crippen LogP contribution in [0.3, 0.4) is 0 Å². The van der Waals surface area contributed by atoms with Crippen molar-refractivity contribution in [3.8, 4) is 0 Å². The van der Waals surface area contributed by atoms with Gasteiger partial charge >= 0.3 is 18.1 Å². The van der Waals surface area contributed by atoms with Gasteiger partial charge in [-0.1, -0.05) is 19.4 Å². The summed E-state index contributed by atoms with van der Waals surface area (Å²) in [5.74, 6) is -3.38. The molecule has 20 heavy (non-hydrogen) atoms. The molecule has 0 aromatic heterocycles. The average molecular weight is 289 g/mol. The van der Waals surface area contributed by atoms with Gasteiger partial charge in [0, 0.05) is 5.69 Å². The Balaban J connectivity index is 3.07. The molecule has 0 radical (unpaired) electrons. The third-order valence-electron chi connectivity index (χ3n) is 2.66. The summed E-state index contributed by atoms with van der Waals surface area (Å²) in [7, 11) is 0. The number of carbonyl (C=O) groups excluding carboxylic acids is 1. The fraction of sp³-hybridized carbons (Fsp3) is 0.385. The van der Waals surface area contributed by atoms with Crippen LogP contribution in [0.15, 0.2) is 18.2 Å². The first-order chi connectivity index (χ1) is 9.25. The van der Waals surface area contributed by atoms with E-state index in [9.17, 15) is 22.8 Å². The zero-order valence-electron chi connectivity index (χ0n) is 10.8. The summed E-state index contributed by atoms with van der Waals surface area (Å²) in [6, 6.07) is 3.76. The van der Waals surface area contributed by atoms with Crippen LogP contribution in [0.2, 0.25) is 0 Å². The molecule has 0 atom stereocenters. The Labute approximate surface area is 113 Å². The van der Waals surface area contributed by atoms with E-state index in [0.29, 0.717) is 12.0 Å². The molecule has 0 fully saturated rings. The molecule has 1 rings (SSSR count). The van der Waals surface area contributed by atoms with Gasteiger partial charge in [0.25, 0.3) is 0 Å². The van der Waals surface area contributed by atoms with Crippen molar-refractivity contribution in [2.75, 3.05) is 5.32 Å². The van der Waals surface area contributed by atoms with Gasteiger partial charge in [-0.15, -0.1) is 0 Å². The van der Waals surface area contributed by atoms with Crippen molar-refractivity contribution in [2.24, 2.45) is 0 Å². The SMILES string of the molecule is CCCCc1ccc(C(=O)O)cc1NC(=O)C(F)(F)F. The van der Waals surface area contributed by atoms with Crippen LogP contribution in [-0.4, -0.2) is 23.2 Å². The number of hydrogen-bond acceptors (Lipinski definition) is 2. The summed E-state index contributed by atoms with van der Waals surface area (Å²) in [6.45, 7) is 1.92. The van der Waals surface area contributed by atoms with Crippen LogP contribution in [0.4, 0.5) is 18.9 Å². The molecular weight excluding hydrogens is 275 g/mol. The van der Waals surface area contributed by atoms with Crippen molar-refractivity contribution in [1.82, 2.24) is 0 Å². The summed E-state index contributed by atoms with van der Waals surface area (Å²) in [4.78, 5) is 21.8. The molecule has 0 bridgehead atoms. The first-order valence-corrected chi connectivity index (χ1v) is 6.00. The fourth-order valence-electron chi connectivity index (χ4n) is 1.60. The van der Waals surface area contributed by atoms with Crippen LogP contribution in [0.5, 0.6) is 0 Å². The third kappa shape index (κ3) is 4.25. The number of carbonyl (C=O) groups is 2. The maximum absolute atomic E-state index is 12.2. The monoisotopic (exact) mass is 289 g/mol. The minimum absolute atomic E-state index is 0.110. The highest BCUT2D eigenvalue weighted by Gasteiger charge is 2.39. The Kier molecular flexibility index (Phi) is 5.12. The number of unbranched alkanes of at least 4 members (excludes halogenated alkanes) is 1. The lowest BCUT2D eigenvalue weighted by Crippen LogP contribution is -2.30. The number of rotatable bonds is 5. The number of nitrogens with one attached hydrogen (secondary N) is 1. The van der Waals surface area contributed by atoms with Gasteiger partial charge in [-0.05, 0) is 30.5 Å². The van der Waals surface area contributed by atoms with Gasteiger partial charge in [0.15, 0.2) is 0 Å². The zero-order valence-corrected chi connectivity index (χ0v) is 10.8. The van der Waals surface area contributed by atoms with E-state index in [2.05, 4.69) is 0 Å². The summed E-state index contributed by atoms with van der Waals surface area (Å²) in [5.41, 5.74) is 0.192. The molecule has 0 aliphatic heterocycles. The molecule has 1 aromatic rings. The Morgan fingerprint density at radius 1 is 1.30 bits per heavy atom. The number of halogens is 3. The number of carboxylic acid groups (broad SMARTS) is 1. The van der Waals surface area contributed by atoms with Crippen molar-refractivity contribution in [2.45, 2.75) is 32.4 Å². The first kappa shape index (κ1) is 16.0. The molecule has 0 spiro atoms. The molecule has 1 aromatic carbocycles. The van der Waals surface area contributed by atoms with Gasteiger partial charge in [-0.25, -0.2) is 4.79 Å². The summed E-state index contributed by atoms with van der Waals surface area (Å²) in [6.07, 6.45) is -3.00. The Bertz CT molecular complexity index is 512. The number of aromatic carboxylic acids is 1. The van der Waals surface area contributed by atoms with Gasteiger partial charge in [0.05, 0.1) is 5.56 Å². The topological polar surface area (TPSA) is 66.4 Å². The van der Waals surface area contributed by atoms with E-state index >= 15 is 0 Å². The second-order valence-corrected chi connectivity index (χ2v) is 4.23. The van der Waals surface area contributed by atoms with Crippen molar-refractivity contribution in [3.05, 3.63) is 29.3 Å². The maximum atomic E-state index is 12.2. The van der Waals surface area contributed by atoms with Crippen LogP contribution in [0, 0.1) is 0 Å². The predicted octanol–water partition coefficient (Wildman–Crippen LogP) is 3.23. The minimum Gasteiger partial charge on any atom is -0.478 e. The standard InChI is InChI=1S/C13H14F3NO3/c1-2-3-4-8-5-6-9(11(18)19)7-10(8)17-12(20)13(14,15)16/h5-7H,2-4H2,1H3,(H,17,20)(H,18,19). The van der Waals surface area contributed by atoms with Crippen LogP contribution < -0.4 is 5.32 Å². The van der Waals surface area contributed by atoms with Gasteiger partial charge < -0.3 is 10.4 Å². The van der Waals surface area contributed by atoms with Crippen LogP contribution >= 0.6 is 0 Å². The molecule has 0 unspecified atom stereocenters. The normalized spacial score (nSPS) is 11.2. The van der Waals surface area contributed by atoms with E-state index in [1.807, 2.05) is 6.92 Å². The smallest absolute Gasteiger partial charge is 0.471 e. The number of amides is 1. The van der Waals surface area contributed by atoms with Gasteiger partial charge in [0.2, 0.25) is 0 Å². The van der Waals surface area contributed by atoms with Gasteiger partial charge in [-0.2, -0.15) is 13.2 Å². The highest BCUT2D eigenvalue weighted by atomic mass is 19.4. The maximum Gasteiger partial charge on any atom is 0.471 e. The second kappa shape index (κ2) is 6.40. The van der Waals surface area contributed by atoms with E-state index in [1.165, 1.54) is 12.1 Å². The molecule has 1 amide bonds. The van der Waals surface area contributed by atoms with Crippen LogP contribution in [0.25, 0.3) is 0 Å². The van der Waals surface area contributed by atoms with E-state index in [4.69, 9.17) is 5.11 Å². The van der Waals surface area contributed by atoms with E-state index in [-0.39, 0.29) is 11.3 Å². The van der Waals surface area contributed by atoms with E-state index in [1.54, 1.807) is 5.32 Å². The van der Waals surface area contributed by atoms with Crippen molar-refractivity contribution >= 4 is 17.6 Å². The van der Waals surface area contributed by atoms with E-state index < -0.39 is 18.1 Å². The third-order valence-corrected chi connectivity index (χ3v) is 2.66. The predicted molar refractivity (Wildman–Crippen MR) is 66.7 cm³/mol. The van der Waals surface area contributed by atoms with Gasteiger partial charge in [-0.3, -0.25) is 4.79 Å². The molecule has 0 aliphatic carbocycles. The van der Waals surface area contributed by atoms with Crippen molar-refractivity contribution in [3.63, 3.8) is 0 Å². The van der Waals surface area contributed by atoms with Crippen LogP contribution in [0.1, 0.15) is 35.7 Å². The lowest BCUT2D eigenvalue weighted by Gasteiger charge is -2.13. The number of benzene rings is 1. The second-order valence-electron chi connectivity index (χ2n) is 4.23. The van der Waals surface area contributed by atoms with Crippen molar-refractivity contribution in [1.29, 1.82) is 0 Å². The molecule has 4 nitrogen and oxygen atoms in total. The Morgan fingerprint density at radius 3 is 2.45 bits per heavy atom. The Morgan fingerprint density at radius 2 is 1.95 bits per heavy atom. The molecular formula is C13H14F3NO3. The first-order valence-electron chi connectivity index (χ1n) is 6.00. The largest absolute Gasteiger partial charge is 0.478 e. The highest BCUT2D eigenvalue weighted by molar-refractivity contribution is 5.97. The summed E-state index contributed by atoms with van der Waals surface area (Å²) < 4.78 is 36.7. The number of carboxylic acids is 1. The van der Waals surface area contributed by atoms with E-state index in [0.717, 1.165) is 18.9 Å². The summed E-state index contributed by atoms with van der Waals surface area (Å²) in [5, 5.41) is 10.6. The number of anilines is 1. The average Bonchev–Trinajstić information content (AvgIpc) is 2.35. The molecule has 110 valence electrons. The number of alkyl halides is 3. The minimum atomic E-state index is -5.01. The number of hydrogen-bond donors (Lipinski definition) is 2. The van der Waals surface area contributed by atoms with Crippen molar-refractivity contribution < 1.29 is 27.9 Å². The number of aryl methyl sites for hydroxylation is 1. The Hall–Kier alpha value is -2.05. The fourth-order valence-corrected chi connectivity index (χ4v) is 1.60. The molecule has 2 N–H and O–H groups in total. The molecule has 0 saturated carbocycles. The zero-order chi connectivity index (χ0) is 15.3. The van der Waals surface area contributed by atoms with Crippen LogP contribution in [-0.2, 0) is 11.2 Å². The van der Waals surface area contributed by atoms with Gasteiger partial charge in [0.1, 0.15) is 0 Å². The molecule has 0 aliphatic rings. The highest BCUT2D eigenvalue weighted by Crippen LogP contribution is 2.23. The lowest BCUT2D eigenvalue weighted by atomic mass is 10.0. The molecule has 0 saturated heterocycles. The molecule has 0 heterocycles. The molecule has 7 heteroatoms. The summed E-state index contributed by atoms with van der Waals surface area (Å²) >= 11 is 0. The quantitative estimate of drug-likeness (QED) is 0.874.